The van der Waals surface area contributed by atoms with E-state index in [-0.39, 0.29) is 0 Å². The second kappa shape index (κ2) is 5.26. The van der Waals surface area contributed by atoms with E-state index in [2.05, 4.69) is 33.4 Å². The number of aromatic amines is 1. The third-order valence-electron chi connectivity index (χ3n) is 3.46. The lowest BCUT2D eigenvalue weighted by Crippen LogP contribution is -2.06. The Kier molecular flexibility index (Phi) is 3.46. The number of aryl methyl sites for hydroxylation is 1. The molecule has 5 heteroatoms. The van der Waals surface area contributed by atoms with Crippen LogP contribution < -0.4 is 5.73 Å². The molecule has 0 amide bonds. The Bertz CT molecular complexity index is 731. The van der Waals surface area contributed by atoms with Crippen LogP contribution >= 0.6 is 11.8 Å². The van der Waals surface area contributed by atoms with Crippen molar-refractivity contribution in [2.45, 2.75) is 30.4 Å². The van der Waals surface area contributed by atoms with Crippen LogP contribution in [-0.2, 0) is 6.54 Å². The lowest BCUT2D eigenvalue weighted by molar-refractivity contribution is 0.824. The summed E-state index contributed by atoms with van der Waals surface area (Å²) in [5, 5.41) is 11.6. The van der Waals surface area contributed by atoms with Crippen molar-refractivity contribution in [2.75, 3.05) is 0 Å². The molecule has 0 saturated carbocycles. The van der Waals surface area contributed by atoms with Gasteiger partial charge in [-0.05, 0) is 43.3 Å². The first kappa shape index (κ1) is 13.1. The molecule has 0 radical (unpaired) electrons. The van der Waals surface area contributed by atoms with Gasteiger partial charge in [0.2, 0.25) is 0 Å². The van der Waals surface area contributed by atoms with Crippen molar-refractivity contribution in [3.8, 4) is 0 Å². The summed E-state index contributed by atoms with van der Waals surface area (Å²) < 4.78 is 0. The lowest BCUT2D eigenvalue weighted by Gasteiger charge is -2.09. The molecule has 20 heavy (non-hydrogen) atoms. The number of nitrogens with two attached hydrogens (primary N) is 1. The number of hydrogen-bond donors (Lipinski definition) is 2. The molecule has 0 bridgehead atoms. The Morgan fingerprint density at radius 1 is 1.20 bits per heavy atom. The molecule has 2 aromatic heterocycles. The highest BCUT2D eigenvalue weighted by molar-refractivity contribution is 7.99. The zero-order chi connectivity index (χ0) is 14.1. The van der Waals surface area contributed by atoms with E-state index >= 15 is 0 Å². The molecule has 3 N–H and O–H groups in total. The topological polar surface area (TPSA) is 67.6 Å². The summed E-state index contributed by atoms with van der Waals surface area (Å²) in [6.45, 7) is 4.48. The van der Waals surface area contributed by atoms with Crippen LogP contribution in [0.25, 0.3) is 10.9 Å². The van der Waals surface area contributed by atoms with Gasteiger partial charge >= 0.3 is 0 Å². The summed E-state index contributed by atoms with van der Waals surface area (Å²) in [5.74, 6) is 0. The standard InChI is InChI=1S/C15H16N4S/c1-9-10(2)18-19-15(12(9)8-16)20-14-7-11-5-3-4-6-13(11)17-14/h3-7,17H,8,16H2,1-2H3. The Hall–Kier alpha value is -1.85. The van der Waals surface area contributed by atoms with Crippen molar-refractivity contribution >= 4 is 22.7 Å². The van der Waals surface area contributed by atoms with Crippen LogP contribution in [0.2, 0.25) is 0 Å². The lowest BCUT2D eigenvalue weighted by atomic mass is 10.1. The molecule has 3 aromatic rings. The van der Waals surface area contributed by atoms with Crippen LogP contribution in [-0.4, -0.2) is 15.2 Å². The fourth-order valence-corrected chi connectivity index (χ4v) is 3.16. The molecule has 1 aromatic carbocycles. The number of aromatic nitrogens is 3. The first-order valence-corrected chi connectivity index (χ1v) is 7.29. The van der Waals surface area contributed by atoms with E-state index in [0.29, 0.717) is 6.54 Å². The van der Waals surface area contributed by atoms with Gasteiger partial charge in [-0.2, -0.15) is 5.10 Å². The molecule has 0 aliphatic rings. The van der Waals surface area contributed by atoms with Gasteiger partial charge in [0.1, 0.15) is 5.03 Å². The fraction of sp³-hybridized carbons (Fsp3) is 0.200. The normalized spacial score (nSPS) is 11.2. The third kappa shape index (κ3) is 2.30. The van der Waals surface area contributed by atoms with Gasteiger partial charge < -0.3 is 10.7 Å². The van der Waals surface area contributed by atoms with Crippen molar-refractivity contribution in [3.63, 3.8) is 0 Å². The van der Waals surface area contributed by atoms with Crippen LogP contribution in [0.1, 0.15) is 16.8 Å². The number of rotatable bonds is 3. The third-order valence-corrected chi connectivity index (χ3v) is 4.42. The zero-order valence-electron chi connectivity index (χ0n) is 11.5. The molecule has 2 heterocycles. The monoisotopic (exact) mass is 284 g/mol. The number of fused-ring (bicyclic) bond motifs is 1. The highest BCUT2D eigenvalue weighted by Gasteiger charge is 2.12. The molecule has 0 fully saturated rings. The maximum atomic E-state index is 5.86. The first-order valence-electron chi connectivity index (χ1n) is 6.47. The highest BCUT2D eigenvalue weighted by atomic mass is 32.2. The van der Waals surface area contributed by atoms with Crippen LogP contribution in [0.15, 0.2) is 40.4 Å². The molecule has 0 aliphatic carbocycles. The number of hydrogen-bond acceptors (Lipinski definition) is 4. The molecule has 0 atom stereocenters. The van der Waals surface area contributed by atoms with E-state index in [1.807, 2.05) is 26.0 Å². The van der Waals surface area contributed by atoms with Crippen molar-refractivity contribution < 1.29 is 0 Å². The van der Waals surface area contributed by atoms with Crippen molar-refractivity contribution in [2.24, 2.45) is 5.73 Å². The molecule has 0 aliphatic heterocycles. The second-order valence-electron chi connectivity index (χ2n) is 4.72. The number of benzene rings is 1. The van der Waals surface area contributed by atoms with Gasteiger partial charge in [0.05, 0.1) is 10.7 Å². The SMILES string of the molecule is Cc1nnc(Sc2cc3ccccc3[nH]2)c(CN)c1C. The van der Waals surface area contributed by atoms with E-state index < -0.39 is 0 Å². The van der Waals surface area contributed by atoms with E-state index in [4.69, 9.17) is 5.73 Å². The number of H-pyrrole nitrogens is 1. The van der Waals surface area contributed by atoms with Gasteiger partial charge in [0.25, 0.3) is 0 Å². The Balaban J connectivity index is 2.00. The largest absolute Gasteiger partial charge is 0.349 e. The summed E-state index contributed by atoms with van der Waals surface area (Å²) in [6, 6.07) is 10.3. The van der Waals surface area contributed by atoms with Crippen LogP contribution in [0.3, 0.4) is 0 Å². The molecule has 0 unspecified atom stereocenters. The average molecular weight is 284 g/mol. The van der Waals surface area contributed by atoms with Gasteiger partial charge in [0.15, 0.2) is 0 Å². The van der Waals surface area contributed by atoms with E-state index in [1.54, 1.807) is 11.8 Å². The molecule has 0 saturated heterocycles. The van der Waals surface area contributed by atoms with Gasteiger partial charge in [0, 0.05) is 23.0 Å². The Morgan fingerprint density at radius 3 is 2.75 bits per heavy atom. The molecule has 3 rings (SSSR count). The number of para-hydroxylation sites is 1. The molecular weight excluding hydrogens is 268 g/mol. The first-order chi connectivity index (χ1) is 9.69. The molecule has 102 valence electrons. The van der Waals surface area contributed by atoms with E-state index in [9.17, 15) is 0 Å². The van der Waals surface area contributed by atoms with Crippen molar-refractivity contribution in [3.05, 3.63) is 47.2 Å². The predicted octanol–water partition coefficient (Wildman–Crippen LogP) is 3.18. The van der Waals surface area contributed by atoms with E-state index in [0.717, 1.165) is 32.4 Å². The van der Waals surface area contributed by atoms with Gasteiger partial charge in [-0.25, -0.2) is 0 Å². The smallest absolute Gasteiger partial charge is 0.130 e. The average Bonchev–Trinajstić information content (AvgIpc) is 2.85. The van der Waals surface area contributed by atoms with Crippen LogP contribution in [0, 0.1) is 13.8 Å². The summed E-state index contributed by atoms with van der Waals surface area (Å²) in [5.41, 5.74) is 10.1. The van der Waals surface area contributed by atoms with Crippen LogP contribution in [0.4, 0.5) is 0 Å². The summed E-state index contributed by atoms with van der Waals surface area (Å²) in [6.07, 6.45) is 0. The quantitative estimate of drug-likeness (QED) is 0.775. The van der Waals surface area contributed by atoms with Gasteiger partial charge in [-0.3, -0.25) is 0 Å². The minimum Gasteiger partial charge on any atom is -0.349 e. The minimum absolute atomic E-state index is 0.477. The second-order valence-corrected chi connectivity index (χ2v) is 5.75. The zero-order valence-corrected chi connectivity index (χ0v) is 12.3. The maximum absolute atomic E-state index is 5.86. The van der Waals surface area contributed by atoms with E-state index in [1.165, 1.54) is 5.39 Å². The molecule has 4 nitrogen and oxygen atoms in total. The highest BCUT2D eigenvalue weighted by Crippen LogP contribution is 2.31. The van der Waals surface area contributed by atoms with Crippen molar-refractivity contribution in [1.82, 2.24) is 15.2 Å². The summed E-state index contributed by atoms with van der Waals surface area (Å²) >= 11 is 1.58. The number of nitrogens with one attached hydrogen (secondary N) is 1. The Morgan fingerprint density at radius 2 is 2.00 bits per heavy atom. The fourth-order valence-electron chi connectivity index (χ4n) is 2.16. The maximum Gasteiger partial charge on any atom is 0.130 e. The molecule has 0 spiro atoms. The summed E-state index contributed by atoms with van der Waals surface area (Å²) in [7, 11) is 0. The van der Waals surface area contributed by atoms with Gasteiger partial charge in [-0.15, -0.1) is 5.10 Å². The van der Waals surface area contributed by atoms with Crippen LogP contribution in [0.5, 0.6) is 0 Å². The number of nitrogens with zero attached hydrogens (tertiary/aromatic N) is 2. The van der Waals surface area contributed by atoms with Crippen molar-refractivity contribution in [1.29, 1.82) is 0 Å². The predicted molar refractivity (Wildman–Crippen MR) is 81.8 cm³/mol. The molecular formula is C15H16N4S. The van der Waals surface area contributed by atoms with Gasteiger partial charge in [-0.1, -0.05) is 18.2 Å². The minimum atomic E-state index is 0.477. The summed E-state index contributed by atoms with van der Waals surface area (Å²) in [4.78, 5) is 3.38. The Labute approximate surface area is 121 Å².